The molecule has 1 heterocycles. The van der Waals surface area contributed by atoms with E-state index in [1.807, 2.05) is 0 Å². The molecule has 1 N–H and O–H groups in total. The van der Waals surface area contributed by atoms with Crippen molar-refractivity contribution in [1.29, 1.82) is 0 Å². The molecule has 0 aromatic heterocycles. The first-order valence-corrected chi connectivity index (χ1v) is 13.4. The second-order valence-electron chi connectivity index (χ2n) is 9.25. The van der Waals surface area contributed by atoms with Gasteiger partial charge in [-0.2, -0.15) is 0 Å². The van der Waals surface area contributed by atoms with Gasteiger partial charge in [0.05, 0.1) is 6.54 Å². The molecule has 4 rings (SSSR count). The van der Waals surface area contributed by atoms with Crippen LogP contribution in [0.5, 0.6) is 0 Å². The van der Waals surface area contributed by atoms with E-state index in [4.69, 9.17) is 39.5 Å². The fourth-order valence-corrected chi connectivity index (χ4v) is 4.82. The van der Waals surface area contributed by atoms with Gasteiger partial charge in [-0.1, -0.05) is 108 Å². The number of amides is 3. The number of alkyl halides is 3. The van der Waals surface area contributed by atoms with E-state index in [2.05, 4.69) is 5.32 Å². The zero-order valence-electron chi connectivity index (χ0n) is 21.0. The molecule has 1 fully saturated rings. The standard InChI is InChI=1S/C29H24Cl3FN2O5/c30-28(31,32)18-40-27(39)29(25(37)34-16-19-7-3-1-4-8-19)23(21-11-13-22(33)14-12-21)15-24(36)35(26(29)38)17-20-9-5-2-6-10-20/h1-14,23H,15-18H2,(H,34,37). The molecule has 3 amide bonds. The van der Waals surface area contributed by atoms with Crippen LogP contribution in [0.4, 0.5) is 4.39 Å². The highest BCUT2D eigenvalue weighted by Crippen LogP contribution is 2.46. The SMILES string of the molecule is O=C1CC(c2ccc(F)cc2)C(C(=O)NCc2ccccc2)(C(=O)OCC(Cl)(Cl)Cl)C(=O)N1Cc1ccccc1. The molecule has 1 aliphatic rings. The van der Waals surface area contributed by atoms with Gasteiger partial charge in [0, 0.05) is 18.9 Å². The molecule has 3 aromatic rings. The minimum absolute atomic E-state index is 0.0325. The zero-order valence-corrected chi connectivity index (χ0v) is 23.3. The molecular formula is C29H24Cl3FN2O5. The molecule has 0 saturated carbocycles. The number of likely N-dealkylation sites (tertiary alicyclic amines) is 1. The number of imide groups is 1. The summed E-state index contributed by atoms with van der Waals surface area (Å²) in [5, 5.41) is 2.66. The van der Waals surface area contributed by atoms with E-state index in [0.717, 1.165) is 17.0 Å². The Kier molecular flexibility index (Phi) is 9.13. The maximum absolute atomic E-state index is 14.3. The topological polar surface area (TPSA) is 92.8 Å². The Balaban J connectivity index is 1.83. The number of hydrogen-bond acceptors (Lipinski definition) is 5. The molecule has 40 heavy (non-hydrogen) atoms. The van der Waals surface area contributed by atoms with Gasteiger partial charge in [-0.25, -0.2) is 4.39 Å². The number of hydrogen-bond donors (Lipinski definition) is 1. The quantitative estimate of drug-likeness (QED) is 0.167. The van der Waals surface area contributed by atoms with Gasteiger partial charge in [0.25, 0.3) is 5.91 Å². The van der Waals surface area contributed by atoms with Gasteiger partial charge in [-0.3, -0.25) is 24.1 Å². The molecule has 1 saturated heterocycles. The van der Waals surface area contributed by atoms with Crippen LogP contribution in [0.2, 0.25) is 0 Å². The molecule has 1 aliphatic heterocycles. The summed E-state index contributed by atoms with van der Waals surface area (Å²) in [6, 6.07) is 22.3. The Hall–Kier alpha value is -3.46. The summed E-state index contributed by atoms with van der Waals surface area (Å²) in [4.78, 5) is 56.5. The Bertz CT molecular complexity index is 1380. The van der Waals surface area contributed by atoms with Crippen LogP contribution in [0.1, 0.15) is 29.0 Å². The summed E-state index contributed by atoms with van der Waals surface area (Å²) in [6.45, 7) is -0.991. The molecule has 3 aromatic carbocycles. The highest BCUT2D eigenvalue weighted by molar-refractivity contribution is 6.67. The van der Waals surface area contributed by atoms with Crippen molar-refractivity contribution in [1.82, 2.24) is 10.2 Å². The van der Waals surface area contributed by atoms with Gasteiger partial charge in [0.15, 0.2) is 0 Å². The van der Waals surface area contributed by atoms with Crippen LogP contribution in [0.25, 0.3) is 0 Å². The Morgan fingerprint density at radius 3 is 2.08 bits per heavy atom. The first-order valence-electron chi connectivity index (χ1n) is 12.2. The summed E-state index contributed by atoms with van der Waals surface area (Å²) >= 11 is 17.4. The lowest BCUT2D eigenvalue weighted by molar-refractivity contribution is -0.177. The van der Waals surface area contributed by atoms with Crippen molar-refractivity contribution in [3.8, 4) is 0 Å². The Morgan fingerprint density at radius 2 is 1.50 bits per heavy atom. The largest absolute Gasteiger partial charge is 0.460 e. The number of nitrogens with zero attached hydrogens (tertiary/aromatic N) is 1. The van der Waals surface area contributed by atoms with E-state index < -0.39 is 57.7 Å². The monoisotopic (exact) mass is 604 g/mol. The van der Waals surface area contributed by atoms with Crippen LogP contribution in [0, 0.1) is 11.2 Å². The molecule has 2 atom stereocenters. The second kappa shape index (κ2) is 12.4. The molecule has 0 radical (unpaired) electrons. The van der Waals surface area contributed by atoms with Crippen molar-refractivity contribution in [2.45, 2.75) is 29.2 Å². The van der Waals surface area contributed by atoms with Gasteiger partial charge >= 0.3 is 5.97 Å². The molecule has 7 nitrogen and oxygen atoms in total. The third-order valence-electron chi connectivity index (χ3n) is 6.58. The van der Waals surface area contributed by atoms with Gasteiger partial charge in [-0.15, -0.1) is 0 Å². The average Bonchev–Trinajstić information content (AvgIpc) is 2.94. The smallest absolute Gasteiger partial charge is 0.332 e. The lowest BCUT2D eigenvalue weighted by atomic mass is 9.66. The molecule has 0 spiro atoms. The average molecular weight is 606 g/mol. The number of benzene rings is 3. The van der Waals surface area contributed by atoms with Crippen LogP contribution in [-0.4, -0.2) is 39.0 Å². The Labute approximate surface area is 245 Å². The summed E-state index contributed by atoms with van der Waals surface area (Å²) in [5.41, 5.74) is -1.09. The van der Waals surface area contributed by atoms with Crippen molar-refractivity contribution < 1.29 is 28.3 Å². The van der Waals surface area contributed by atoms with Crippen LogP contribution in [0.15, 0.2) is 84.9 Å². The van der Waals surface area contributed by atoms with E-state index in [1.165, 1.54) is 12.1 Å². The van der Waals surface area contributed by atoms with Crippen molar-refractivity contribution in [3.63, 3.8) is 0 Å². The van der Waals surface area contributed by atoms with E-state index in [9.17, 15) is 23.6 Å². The molecule has 208 valence electrons. The number of esters is 1. The van der Waals surface area contributed by atoms with Gasteiger partial charge in [0.2, 0.25) is 21.0 Å². The van der Waals surface area contributed by atoms with Crippen molar-refractivity contribution in [3.05, 3.63) is 107 Å². The fraction of sp³-hybridized carbons (Fsp3) is 0.241. The zero-order chi connectivity index (χ0) is 28.9. The van der Waals surface area contributed by atoms with E-state index in [-0.39, 0.29) is 18.7 Å². The van der Waals surface area contributed by atoms with Crippen LogP contribution >= 0.6 is 34.8 Å². The molecule has 2 unspecified atom stereocenters. The minimum Gasteiger partial charge on any atom is -0.460 e. The highest BCUT2D eigenvalue weighted by Gasteiger charge is 2.65. The molecule has 11 heteroatoms. The predicted molar refractivity (Wildman–Crippen MR) is 148 cm³/mol. The van der Waals surface area contributed by atoms with Crippen LogP contribution < -0.4 is 5.32 Å². The van der Waals surface area contributed by atoms with Crippen LogP contribution in [0.3, 0.4) is 0 Å². The minimum atomic E-state index is -2.59. The normalized spacial score (nSPS) is 19.3. The number of carbonyl (C=O) groups is 4. The van der Waals surface area contributed by atoms with Crippen molar-refractivity contribution in [2.75, 3.05) is 6.61 Å². The first-order chi connectivity index (χ1) is 19.0. The number of piperidine rings is 1. The fourth-order valence-electron chi connectivity index (χ4n) is 4.66. The summed E-state index contributed by atoms with van der Waals surface area (Å²) in [6.07, 6.45) is -0.425. The summed E-state index contributed by atoms with van der Waals surface area (Å²) in [7, 11) is 0. The summed E-state index contributed by atoms with van der Waals surface area (Å²) < 4.78 is 17.1. The number of carbonyl (C=O) groups excluding carboxylic acids is 4. The van der Waals surface area contributed by atoms with E-state index in [1.54, 1.807) is 60.7 Å². The lowest BCUT2D eigenvalue weighted by Crippen LogP contribution is -2.64. The first kappa shape index (κ1) is 29.5. The Morgan fingerprint density at radius 1 is 0.925 bits per heavy atom. The molecule has 0 aliphatic carbocycles. The van der Waals surface area contributed by atoms with Crippen molar-refractivity contribution in [2.24, 2.45) is 5.41 Å². The molecule has 0 bridgehead atoms. The highest BCUT2D eigenvalue weighted by atomic mass is 35.6. The number of rotatable bonds is 8. The lowest BCUT2D eigenvalue weighted by Gasteiger charge is -2.43. The van der Waals surface area contributed by atoms with Gasteiger partial charge in [0.1, 0.15) is 12.4 Å². The van der Waals surface area contributed by atoms with Crippen molar-refractivity contribution >= 4 is 58.5 Å². The van der Waals surface area contributed by atoms with Gasteiger partial charge < -0.3 is 10.1 Å². The predicted octanol–water partition coefficient (Wildman–Crippen LogP) is 5.08. The maximum atomic E-state index is 14.3. The number of nitrogens with one attached hydrogen (secondary N) is 1. The number of halogens is 4. The van der Waals surface area contributed by atoms with Gasteiger partial charge in [-0.05, 0) is 28.8 Å². The van der Waals surface area contributed by atoms with E-state index >= 15 is 0 Å². The van der Waals surface area contributed by atoms with Crippen LogP contribution in [-0.2, 0) is 37.0 Å². The third kappa shape index (κ3) is 6.46. The molecular weight excluding hydrogens is 582 g/mol. The summed E-state index contributed by atoms with van der Waals surface area (Å²) in [5.74, 6) is -5.94. The maximum Gasteiger partial charge on any atom is 0.332 e. The second-order valence-corrected chi connectivity index (χ2v) is 11.8. The van der Waals surface area contributed by atoms with E-state index in [0.29, 0.717) is 11.1 Å². The third-order valence-corrected chi connectivity index (χ3v) is 6.91. The number of ether oxygens (including phenoxy) is 1.